The number of hydrogen-bond donors (Lipinski definition) is 0. The van der Waals surface area contributed by atoms with Gasteiger partial charge in [0.25, 0.3) is 0 Å². The lowest BCUT2D eigenvalue weighted by Gasteiger charge is -2.21. The summed E-state index contributed by atoms with van der Waals surface area (Å²) in [7, 11) is 0. The summed E-state index contributed by atoms with van der Waals surface area (Å²) in [5.74, 6) is 0.0747. The monoisotopic (exact) mass is 310 g/mol. The third kappa shape index (κ3) is 4.01. The molecule has 0 fully saturated rings. The number of benzene rings is 1. The number of rotatable bonds is 6. The summed E-state index contributed by atoms with van der Waals surface area (Å²) >= 11 is 5.91. The van der Waals surface area contributed by atoms with E-state index in [0.717, 1.165) is 12.1 Å². The summed E-state index contributed by atoms with van der Waals surface area (Å²) in [5, 5.41) is 0.0617. The molecule has 0 spiro atoms. The molecule has 0 atom stereocenters. The van der Waals surface area contributed by atoms with E-state index in [4.69, 9.17) is 16.3 Å². The fourth-order valence-corrected chi connectivity index (χ4v) is 1.91. The summed E-state index contributed by atoms with van der Waals surface area (Å²) in [6.45, 7) is 5.02. The van der Waals surface area contributed by atoms with Crippen LogP contribution in [0.15, 0.2) is 24.3 Å². The molecule has 0 saturated heterocycles. The molecule has 1 aromatic heterocycles. The molecule has 0 unspecified atom stereocenters. The molecule has 0 saturated carbocycles. The number of aromatic nitrogens is 3. The topological polar surface area (TPSA) is 51.1 Å². The van der Waals surface area contributed by atoms with Gasteiger partial charge in [-0.05, 0) is 49.2 Å². The van der Waals surface area contributed by atoms with Crippen LogP contribution in [0.1, 0.15) is 20.3 Å². The Morgan fingerprint density at radius 2 is 1.86 bits per heavy atom. The largest absolute Gasteiger partial charge is 0.463 e. The normalized spacial score (nSPS) is 10.5. The molecule has 0 N–H and O–H groups in total. The van der Waals surface area contributed by atoms with Gasteiger partial charge in [-0.3, -0.25) is 0 Å². The van der Waals surface area contributed by atoms with Crippen molar-refractivity contribution >= 4 is 23.2 Å². The highest BCUT2D eigenvalue weighted by atomic mass is 35.5. The smallest absolute Gasteiger partial charge is 0.322 e. The van der Waals surface area contributed by atoms with Crippen molar-refractivity contribution in [3.8, 4) is 6.01 Å². The second kappa shape index (κ2) is 7.17. The van der Waals surface area contributed by atoms with Crippen molar-refractivity contribution in [2.24, 2.45) is 0 Å². The van der Waals surface area contributed by atoms with Crippen molar-refractivity contribution in [1.29, 1.82) is 0 Å². The molecule has 0 aliphatic rings. The third-order valence-electron chi connectivity index (χ3n) is 2.71. The minimum absolute atomic E-state index is 0.0617. The van der Waals surface area contributed by atoms with Crippen molar-refractivity contribution < 1.29 is 9.13 Å². The van der Waals surface area contributed by atoms with Gasteiger partial charge in [0.2, 0.25) is 11.2 Å². The molecule has 5 nitrogen and oxygen atoms in total. The fourth-order valence-electron chi connectivity index (χ4n) is 1.76. The van der Waals surface area contributed by atoms with Crippen LogP contribution in [0, 0.1) is 5.82 Å². The molecular formula is C14H16ClFN4O. The predicted molar refractivity (Wildman–Crippen MR) is 79.7 cm³/mol. The average Bonchev–Trinajstić information content (AvgIpc) is 2.47. The molecule has 0 aliphatic heterocycles. The van der Waals surface area contributed by atoms with Gasteiger partial charge in [0.05, 0.1) is 6.61 Å². The summed E-state index contributed by atoms with van der Waals surface area (Å²) in [6.07, 6.45) is 0.841. The Labute approximate surface area is 127 Å². The first-order valence-corrected chi connectivity index (χ1v) is 7.09. The lowest BCUT2D eigenvalue weighted by atomic mass is 10.3. The molecule has 7 heteroatoms. The summed E-state index contributed by atoms with van der Waals surface area (Å²) in [5.41, 5.74) is 0.766. The fraction of sp³-hybridized carbons (Fsp3) is 0.357. The van der Waals surface area contributed by atoms with Gasteiger partial charge >= 0.3 is 6.01 Å². The minimum Gasteiger partial charge on any atom is -0.463 e. The van der Waals surface area contributed by atoms with Crippen LogP contribution in [0.4, 0.5) is 16.0 Å². The van der Waals surface area contributed by atoms with Crippen LogP contribution in [0.25, 0.3) is 0 Å². The van der Waals surface area contributed by atoms with Crippen LogP contribution in [0.5, 0.6) is 6.01 Å². The minimum atomic E-state index is -0.296. The molecular weight excluding hydrogens is 295 g/mol. The first kappa shape index (κ1) is 15.4. The van der Waals surface area contributed by atoms with Gasteiger partial charge in [-0.1, -0.05) is 6.92 Å². The van der Waals surface area contributed by atoms with E-state index in [2.05, 4.69) is 15.0 Å². The van der Waals surface area contributed by atoms with E-state index in [1.54, 1.807) is 17.0 Å². The van der Waals surface area contributed by atoms with Gasteiger partial charge in [-0.2, -0.15) is 15.0 Å². The predicted octanol–water partition coefficient (Wildman–Crippen LogP) is 3.61. The van der Waals surface area contributed by atoms with Crippen LogP contribution in [0.2, 0.25) is 5.28 Å². The molecule has 1 heterocycles. The van der Waals surface area contributed by atoms with Crippen molar-refractivity contribution in [1.82, 2.24) is 15.0 Å². The maximum Gasteiger partial charge on any atom is 0.322 e. The zero-order chi connectivity index (χ0) is 15.2. The van der Waals surface area contributed by atoms with Crippen LogP contribution < -0.4 is 9.64 Å². The van der Waals surface area contributed by atoms with Gasteiger partial charge in [0.1, 0.15) is 5.82 Å². The van der Waals surface area contributed by atoms with Gasteiger partial charge in [-0.25, -0.2) is 4.39 Å². The van der Waals surface area contributed by atoms with Gasteiger partial charge in [0.15, 0.2) is 0 Å². The lowest BCUT2D eigenvalue weighted by molar-refractivity contribution is 0.291. The highest BCUT2D eigenvalue weighted by molar-refractivity contribution is 6.28. The van der Waals surface area contributed by atoms with Crippen molar-refractivity contribution in [3.63, 3.8) is 0 Å². The molecule has 0 amide bonds. The van der Waals surface area contributed by atoms with E-state index in [9.17, 15) is 4.39 Å². The van der Waals surface area contributed by atoms with E-state index in [-0.39, 0.29) is 17.1 Å². The Bertz CT molecular complexity index is 594. The zero-order valence-corrected chi connectivity index (χ0v) is 12.6. The van der Waals surface area contributed by atoms with Crippen LogP contribution >= 0.6 is 11.6 Å². The van der Waals surface area contributed by atoms with Crippen LogP contribution in [-0.2, 0) is 0 Å². The van der Waals surface area contributed by atoms with Gasteiger partial charge in [-0.15, -0.1) is 0 Å². The van der Waals surface area contributed by atoms with E-state index in [1.807, 2.05) is 13.8 Å². The number of halogens is 2. The first-order chi connectivity index (χ1) is 10.1. The molecule has 21 heavy (non-hydrogen) atoms. The Morgan fingerprint density at radius 1 is 1.14 bits per heavy atom. The standard InChI is InChI=1S/C14H16ClFN4O/c1-3-9-21-14-18-12(15)17-13(19-14)20(4-2)11-7-5-10(16)6-8-11/h5-8H,3-4,9H2,1-2H3. The van der Waals surface area contributed by atoms with Crippen molar-refractivity contribution in [2.45, 2.75) is 20.3 Å². The second-order valence-electron chi connectivity index (χ2n) is 4.26. The molecule has 112 valence electrons. The SMILES string of the molecule is CCCOc1nc(Cl)nc(N(CC)c2ccc(F)cc2)n1. The van der Waals surface area contributed by atoms with E-state index in [0.29, 0.717) is 19.1 Å². The molecule has 1 aromatic carbocycles. The molecule has 2 rings (SSSR count). The maximum atomic E-state index is 13.0. The molecule has 0 aliphatic carbocycles. The van der Waals surface area contributed by atoms with Crippen molar-refractivity contribution in [2.75, 3.05) is 18.1 Å². The molecule has 0 bridgehead atoms. The highest BCUT2D eigenvalue weighted by Gasteiger charge is 2.14. The summed E-state index contributed by atoms with van der Waals surface area (Å²) < 4.78 is 18.4. The average molecular weight is 311 g/mol. The number of anilines is 2. The molecule has 0 radical (unpaired) electrons. The maximum absolute atomic E-state index is 13.0. The van der Waals surface area contributed by atoms with Gasteiger partial charge < -0.3 is 9.64 Å². The van der Waals surface area contributed by atoms with Crippen LogP contribution in [-0.4, -0.2) is 28.1 Å². The zero-order valence-electron chi connectivity index (χ0n) is 11.9. The summed E-state index contributed by atoms with van der Waals surface area (Å²) in [6, 6.07) is 6.27. The number of ether oxygens (including phenoxy) is 1. The highest BCUT2D eigenvalue weighted by Crippen LogP contribution is 2.24. The van der Waals surface area contributed by atoms with Crippen molar-refractivity contribution in [3.05, 3.63) is 35.4 Å². The van der Waals surface area contributed by atoms with Gasteiger partial charge in [0, 0.05) is 12.2 Å². The Morgan fingerprint density at radius 3 is 2.48 bits per heavy atom. The Kier molecular flexibility index (Phi) is 5.27. The van der Waals surface area contributed by atoms with E-state index >= 15 is 0 Å². The summed E-state index contributed by atoms with van der Waals surface area (Å²) in [4.78, 5) is 14.1. The van der Waals surface area contributed by atoms with E-state index in [1.165, 1.54) is 12.1 Å². The third-order valence-corrected chi connectivity index (χ3v) is 2.88. The number of hydrogen-bond acceptors (Lipinski definition) is 5. The Balaban J connectivity index is 2.32. The second-order valence-corrected chi connectivity index (χ2v) is 4.59. The lowest BCUT2D eigenvalue weighted by Crippen LogP contribution is -2.19. The quantitative estimate of drug-likeness (QED) is 0.815. The molecule has 2 aromatic rings. The first-order valence-electron chi connectivity index (χ1n) is 6.71. The Hall–Kier alpha value is -1.95. The van der Waals surface area contributed by atoms with Crippen LogP contribution in [0.3, 0.4) is 0 Å². The van der Waals surface area contributed by atoms with E-state index < -0.39 is 0 Å². The number of nitrogens with zero attached hydrogens (tertiary/aromatic N) is 4.